The average molecular weight is 314 g/mol. The van der Waals surface area contributed by atoms with Crippen LogP contribution in [0.15, 0.2) is 24.3 Å². The summed E-state index contributed by atoms with van der Waals surface area (Å²) in [6.07, 6.45) is -2.83. The third-order valence-corrected chi connectivity index (χ3v) is 4.18. The molecule has 1 aliphatic heterocycles. The molecule has 2 nitrogen and oxygen atoms in total. The third-order valence-electron chi connectivity index (χ3n) is 4.18. The van der Waals surface area contributed by atoms with Crippen molar-refractivity contribution >= 4 is 0 Å². The van der Waals surface area contributed by atoms with E-state index in [1.54, 1.807) is 24.3 Å². The van der Waals surface area contributed by atoms with Gasteiger partial charge in [0.25, 0.3) is 0 Å². The molecular formula is C17H25F3N2. The fourth-order valence-corrected chi connectivity index (χ4v) is 2.78. The van der Waals surface area contributed by atoms with Crippen molar-refractivity contribution in [3.8, 4) is 0 Å². The van der Waals surface area contributed by atoms with Crippen LogP contribution in [-0.2, 0) is 5.41 Å². The van der Waals surface area contributed by atoms with E-state index in [4.69, 9.17) is 0 Å². The molecule has 0 spiro atoms. The average Bonchev–Trinajstić information content (AvgIpc) is 2.44. The maximum atomic E-state index is 13.4. The zero-order valence-corrected chi connectivity index (χ0v) is 13.4. The van der Waals surface area contributed by atoms with Gasteiger partial charge in [0.05, 0.1) is 0 Å². The Morgan fingerprint density at radius 1 is 1.05 bits per heavy atom. The number of halogens is 3. The van der Waals surface area contributed by atoms with Crippen LogP contribution >= 0.6 is 0 Å². The summed E-state index contributed by atoms with van der Waals surface area (Å²) in [5.74, 6) is 0. The Hall–Kier alpha value is -1.07. The maximum Gasteiger partial charge on any atom is 0.407 e. The second-order valence-electron chi connectivity index (χ2n) is 7.04. The number of hydrogen-bond acceptors (Lipinski definition) is 2. The molecule has 1 saturated heterocycles. The van der Waals surface area contributed by atoms with Gasteiger partial charge < -0.3 is 5.32 Å². The fourth-order valence-electron chi connectivity index (χ4n) is 2.78. The topological polar surface area (TPSA) is 24.1 Å². The SMILES string of the molecule is CC(C)(C)c1ccc(C(NC2CCNCC2)C(F)(F)F)cc1. The predicted molar refractivity (Wildman–Crippen MR) is 83.0 cm³/mol. The molecular weight excluding hydrogens is 289 g/mol. The van der Waals surface area contributed by atoms with Crippen LogP contribution in [0.2, 0.25) is 0 Å². The van der Waals surface area contributed by atoms with Gasteiger partial charge in [-0.1, -0.05) is 45.0 Å². The second-order valence-corrected chi connectivity index (χ2v) is 7.04. The van der Waals surface area contributed by atoms with E-state index in [0.29, 0.717) is 5.56 Å². The van der Waals surface area contributed by atoms with Crippen molar-refractivity contribution in [2.75, 3.05) is 13.1 Å². The number of alkyl halides is 3. The molecule has 22 heavy (non-hydrogen) atoms. The van der Waals surface area contributed by atoms with Crippen LogP contribution < -0.4 is 10.6 Å². The Morgan fingerprint density at radius 2 is 1.59 bits per heavy atom. The molecule has 1 aromatic carbocycles. The Labute approximate surface area is 130 Å². The van der Waals surface area contributed by atoms with Gasteiger partial charge in [-0.15, -0.1) is 0 Å². The summed E-state index contributed by atoms with van der Waals surface area (Å²) in [6.45, 7) is 7.69. The van der Waals surface area contributed by atoms with Gasteiger partial charge in [0.1, 0.15) is 6.04 Å². The van der Waals surface area contributed by atoms with E-state index in [9.17, 15) is 13.2 Å². The monoisotopic (exact) mass is 314 g/mol. The lowest BCUT2D eigenvalue weighted by atomic mass is 9.86. The summed E-state index contributed by atoms with van der Waals surface area (Å²) in [7, 11) is 0. The van der Waals surface area contributed by atoms with E-state index < -0.39 is 12.2 Å². The summed E-state index contributed by atoms with van der Waals surface area (Å²) in [4.78, 5) is 0. The number of benzene rings is 1. The number of rotatable bonds is 3. The minimum absolute atomic E-state index is 0.0608. The predicted octanol–water partition coefficient (Wildman–Crippen LogP) is 3.93. The molecule has 0 aliphatic carbocycles. The van der Waals surface area contributed by atoms with E-state index in [0.717, 1.165) is 31.5 Å². The number of piperidine rings is 1. The van der Waals surface area contributed by atoms with Crippen molar-refractivity contribution in [2.45, 2.75) is 57.3 Å². The van der Waals surface area contributed by atoms with Gasteiger partial charge in [-0.25, -0.2) is 0 Å². The van der Waals surface area contributed by atoms with Crippen LogP contribution in [0.3, 0.4) is 0 Å². The van der Waals surface area contributed by atoms with Crippen molar-refractivity contribution < 1.29 is 13.2 Å². The summed E-state index contributed by atoms with van der Waals surface area (Å²) >= 11 is 0. The zero-order chi connectivity index (χ0) is 16.4. The molecule has 0 saturated carbocycles. The van der Waals surface area contributed by atoms with E-state index in [1.165, 1.54) is 0 Å². The lowest BCUT2D eigenvalue weighted by Crippen LogP contribution is -2.45. The molecule has 0 bridgehead atoms. The Kier molecular flexibility index (Phi) is 5.17. The van der Waals surface area contributed by atoms with E-state index in [-0.39, 0.29) is 11.5 Å². The summed E-state index contributed by atoms with van der Waals surface area (Å²) in [5.41, 5.74) is 1.27. The van der Waals surface area contributed by atoms with Crippen molar-refractivity contribution in [3.05, 3.63) is 35.4 Å². The van der Waals surface area contributed by atoms with Crippen LogP contribution in [-0.4, -0.2) is 25.3 Å². The smallest absolute Gasteiger partial charge is 0.317 e. The van der Waals surface area contributed by atoms with Gasteiger partial charge in [0.15, 0.2) is 0 Å². The highest BCUT2D eigenvalue weighted by Gasteiger charge is 2.41. The van der Waals surface area contributed by atoms with Gasteiger partial charge in [0, 0.05) is 6.04 Å². The molecule has 0 aromatic heterocycles. The highest BCUT2D eigenvalue weighted by atomic mass is 19.4. The molecule has 1 aliphatic rings. The highest BCUT2D eigenvalue weighted by Crippen LogP contribution is 2.34. The van der Waals surface area contributed by atoms with Crippen LogP contribution in [0.1, 0.15) is 50.8 Å². The van der Waals surface area contributed by atoms with Crippen molar-refractivity contribution in [1.82, 2.24) is 10.6 Å². The molecule has 5 heteroatoms. The molecule has 1 atom stereocenters. The second kappa shape index (κ2) is 6.59. The first-order valence-electron chi connectivity index (χ1n) is 7.82. The number of nitrogens with one attached hydrogen (secondary N) is 2. The van der Waals surface area contributed by atoms with E-state index in [2.05, 4.69) is 31.4 Å². The van der Waals surface area contributed by atoms with E-state index in [1.807, 2.05) is 0 Å². The summed E-state index contributed by atoms with van der Waals surface area (Å²) in [6, 6.07) is 5.13. The van der Waals surface area contributed by atoms with Crippen LogP contribution in [0, 0.1) is 0 Å². The van der Waals surface area contributed by atoms with E-state index >= 15 is 0 Å². The minimum Gasteiger partial charge on any atom is -0.317 e. The van der Waals surface area contributed by atoms with Crippen LogP contribution in [0.4, 0.5) is 13.2 Å². The van der Waals surface area contributed by atoms with Gasteiger partial charge in [-0.05, 0) is 42.5 Å². The first kappa shape index (κ1) is 17.3. The summed E-state index contributed by atoms with van der Waals surface area (Å²) in [5, 5.41) is 5.97. The molecule has 2 rings (SSSR count). The number of hydrogen-bond donors (Lipinski definition) is 2. The molecule has 1 fully saturated rings. The van der Waals surface area contributed by atoms with Crippen LogP contribution in [0.25, 0.3) is 0 Å². The zero-order valence-electron chi connectivity index (χ0n) is 13.4. The maximum absolute atomic E-state index is 13.4. The van der Waals surface area contributed by atoms with Crippen molar-refractivity contribution in [2.24, 2.45) is 0 Å². The van der Waals surface area contributed by atoms with Gasteiger partial charge in [-0.3, -0.25) is 5.32 Å². The molecule has 0 amide bonds. The Balaban J connectivity index is 2.18. The molecule has 1 unspecified atom stereocenters. The van der Waals surface area contributed by atoms with Crippen molar-refractivity contribution in [3.63, 3.8) is 0 Å². The quantitative estimate of drug-likeness (QED) is 0.883. The first-order chi connectivity index (χ1) is 10.2. The normalized spacial score (nSPS) is 19.2. The Morgan fingerprint density at radius 3 is 2.05 bits per heavy atom. The van der Waals surface area contributed by atoms with Gasteiger partial charge >= 0.3 is 6.18 Å². The molecule has 1 heterocycles. The Bertz CT molecular complexity index is 468. The van der Waals surface area contributed by atoms with Crippen LogP contribution in [0.5, 0.6) is 0 Å². The lowest BCUT2D eigenvalue weighted by molar-refractivity contribution is -0.160. The van der Waals surface area contributed by atoms with Gasteiger partial charge in [-0.2, -0.15) is 13.2 Å². The van der Waals surface area contributed by atoms with Crippen molar-refractivity contribution in [1.29, 1.82) is 0 Å². The largest absolute Gasteiger partial charge is 0.407 e. The summed E-state index contributed by atoms with van der Waals surface area (Å²) < 4.78 is 40.3. The molecule has 1 aromatic rings. The molecule has 2 N–H and O–H groups in total. The third kappa shape index (κ3) is 4.46. The lowest BCUT2D eigenvalue weighted by Gasteiger charge is -2.31. The standard InChI is InChI=1S/C17H25F3N2/c1-16(2,3)13-6-4-12(5-7-13)15(17(18,19)20)22-14-8-10-21-11-9-14/h4-7,14-15,21-22H,8-11H2,1-3H3. The minimum atomic E-state index is -4.28. The first-order valence-corrected chi connectivity index (χ1v) is 7.82. The molecule has 124 valence electrons. The van der Waals surface area contributed by atoms with Gasteiger partial charge in [0.2, 0.25) is 0 Å². The fraction of sp³-hybridized carbons (Fsp3) is 0.647. The highest BCUT2D eigenvalue weighted by molar-refractivity contribution is 5.30. The molecule has 0 radical (unpaired) electrons.